The SMILES string of the molecule is CC(=O)Nc1ccc(C)c(NCC(=O)Nc2ccccc2OC(F)F)c1. The Balaban J connectivity index is 2.00. The van der Waals surface area contributed by atoms with Crippen molar-refractivity contribution in [2.75, 3.05) is 22.5 Å². The molecule has 2 aromatic carbocycles. The number of aryl methyl sites for hydroxylation is 1. The van der Waals surface area contributed by atoms with Gasteiger partial charge in [0.05, 0.1) is 12.2 Å². The molecule has 138 valence electrons. The van der Waals surface area contributed by atoms with Gasteiger partial charge in [-0.2, -0.15) is 8.78 Å². The van der Waals surface area contributed by atoms with Gasteiger partial charge in [-0.25, -0.2) is 0 Å². The lowest BCUT2D eigenvalue weighted by atomic mass is 10.1. The first-order chi connectivity index (χ1) is 12.3. The first-order valence-electron chi connectivity index (χ1n) is 7.81. The van der Waals surface area contributed by atoms with Crippen molar-refractivity contribution in [2.45, 2.75) is 20.5 Å². The maximum atomic E-state index is 12.4. The van der Waals surface area contributed by atoms with Crippen LogP contribution in [0.3, 0.4) is 0 Å². The molecule has 0 aliphatic heterocycles. The molecule has 2 amide bonds. The molecule has 0 unspecified atom stereocenters. The van der Waals surface area contributed by atoms with Crippen LogP contribution in [0.4, 0.5) is 25.8 Å². The Morgan fingerprint density at radius 3 is 2.50 bits per heavy atom. The maximum Gasteiger partial charge on any atom is 0.387 e. The molecule has 0 radical (unpaired) electrons. The molecule has 0 heterocycles. The molecular formula is C18H19F2N3O3. The Morgan fingerprint density at radius 1 is 1.08 bits per heavy atom. The van der Waals surface area contributed by atoms with Crippen molar-refractivity contribution in [3.8, 4) is 5.75 Å². The molecule has 6 nitrogen and oxygen atoms in total. The fourth-order valence-electron chi connectivity index (χ4n) is 2.23. The molecule has 0 spiro atoms. The molecule has 0 fully saturated rings. The highest BCUT2D eigenvalue weighted by molar-refractivity contribution is 5.95. The summed E-state index contributed by atoms with van der Waals surface area (Å²) in [4.78, 5) is 23.2. The van der Waals surface area contributed by atoms with Crippen LogP contribution in [0, 0.1) is 6.92 Å². The maximum absolute atomic E-state index is 12.4. The number of para-hydroxylation sites is 2. The van der Waals surface area contributed by atoms with Gasteiger partial charge >= 0.3 is 6.61 Å². The van der Waals surface area contributed by atoms with Crippen LogP contribution in [-0.4, -0.2) is 25.0 Å². The summed E-state index contributed by atoms with van der Waals surface area (Å²) in [7, 11) is 0. The van der Waals surface area contributed by atoms with Crippen molar-refractivity contribution in [1.29, 1.82) is 0 Å². The lowest BCUT2D eigenvalue weighted by Crippen LogP contribution is -2.22. The van der Waals surface area contributed by atoms with Gasteiger partial charge in [0.25, 0.3) is 0 Å². The number of alkyl halides is 2. The summed E-state index contributed by atoms with van der Waals surface area (Å²) >= 11 is 0. The highest BCUT2D eigenvalue weighted by atomic mass is 19.3. The Hall–Kier alpha value is -3.16. The molecule has 0 atom stereocenters. The Labute approximate surface area is 149 Å². The van der Waals surface area contributed by atoms with Gasteiger partial charge in [0.15, 0.2) is 0 Å². The second-order valence-electron chi connectivity index (χ2n) is 5.49. The minimum atomic E-state index is -2.98. The Morgan fingerprint density at radius 2 is 1.81 bits per heavy atom. The monoisotopic (exact) mass is 363 g/mol. The van der Waals surface area contributed by atoms with E-state index in [1.165, 1.54) is 25.1 Å². The third kappa shape index (κ3) is 5.73. The number of nitrogens with one attached hydrogen (secondary N) is 3. The van der Waals surface area contributed by atoms with Crippen molar-refractivity contribution in [3.63, 3.8) is 0 Å². The Kier molecular flexibility index (Phi) is 6.48. The molecule has 0 aromatic heterocycles. The van der Waals surface area contributed by atoms with Crippen LogP contribution >= 0.6 is 0 Å². The molecule has 0 saturated heterocycles. The third-order valence-corrected chi connectivity index (χ3v) is 3.37. The number of hydrogen-bond acceptors (Lipinski definition) is 4. The van der Waals surface area contributed by atoms with Gasteiger partial charge in [-0.15, -0.1) is 0 Å². The summed E-state index contributed by atoms with van der Waals surface area (Å²) in [6, 6.07) is 11.2. The molecule has 0 saturated carbocycles. The first-order valence-corrected chi connectivity index (χ1v) is 7.81. The van der Waals surface area contributed by atoms with E-state index in [9.17, 15) is 18.4 Å². The van der Waals surface area contributed by atoms with Crippen LogP contribution in [-0.2, 0) is 9.59 Å². The van der Waals surface area contributed by atoms with Crippen LogP contribution in [0.2, 0.25) is 0 Å². The van der Waals surface area contributed by atoms with Crippen molar-refractivity contribution < 1.29 is 23.1 Å². The Bertz CT molecular complexity index is 797. The summed E-state index contributed by atoms with van der Waals surface area (Å²) in [5.74, 6) is -0.743. The molecular weight excluding hydrogens is 344 g/mol. The minimum absolute atomic E-state index is 0.0899. The van der Waals surface area contributed by atoms with Gasteiger partial charge in [-0.05, 0) is 36.8 Å². The minimum Gasteiger partial charge on any atom is -0.433 e. The highest BCUT2D eigenvalue weighted by Crippen LogP contribution is 2.25. The second kappa shape index (κ2) is 8.80. The lowest BCUT2D eigenvalue weighted by molar-refractivity contribution is -0.115. The van der Waals surface area contributed by atoms with E-state index in [-0.39, 0.29) is 23.9 Å². The number of benzene rings is 2. The fraction of sp³-hybridized carbons (Fsp3) is 0.222. The number of rotatable bonds is 7. The highest BCUT2D eigenvalue weighted by Gasteiger charge is 2.12. The first kappa shape index (κ1) is 19.2. The number of carbonyl (C=O) groups excluding carboxylic acids is 2. The van der Waals surface area contributed by atoms with Gasteiger partial charge in [-0.1, -0.05) is 18.2 Å². The van der Waals surface area contributed by atoms with Crippen molar-refractivity contribution in [2.24, 2.45) is 0 Å². The van der Waals surface area contributed by atoms with Crippen LogP contribution < -0.4 is 20.7 Å². The molecule has 3 N–H and O–H groups in total. The van der Waals surface area contributed by atoms with Gasteiger partial charge in [0, 0.05) is 18.3 Å². The molecule has 2 aromatic rings. The summed E-state index contributed by atoms with van der Waals surface area (Å²) in [6.45, 7) is 0.182. The standard InChI is InChI=1S/C18H19F2N3O3/c1-11-7-8-13(22-12(2)24)9-15(11)21-10-17(25)23-14-5-3-4-6-16(14)26-18(19)20/h3-9,18,21H,10H2,1-2H3,(H,22,24)(H,23,25). The van der Waals surface area contributed by atoms with E-state index >= 15 is 0 Å². The van der Waals surface area contributed by atoms with Crippen LogP contribution in [0.1, 0.15) is 12.5 Å². The zero-order valence-electron chi connectivity index (χ0n) is 14.3. The second-order valence-corrected chi connectivity index (χ2v) is 5.49. The predicted octanol–water partition coefficient (Wildman–Crippen LogP) is 3.61. The number of anilines is 3. The van der Waals surface area contributed by atoms with E-state index < -0.39 is 12.5 Å². The summed E-state index contributed by atoms with van der Waals surface area (Å²) in [5.41, 5.74) is 2.31. The molecule has 0 bridgehead atoms. The number of ether oxygens (including phenoxy) is 1. The van der Waals surface area contributed by atoms with Gasteiger partial charge < -0.3 is 20.7 Å². The summed E-state index contributed by atoms with van der Waals surface area (Å²) in [5, 5.41) is 8.14. The smallest absolute Gasteiger partial charge is 0.387 e. The molecule has 0 aliphatic carbocycles. The average molecular weight is 363 g/mol. The zero-order chi connectivity index (χ0) is 19.1. The summed E-state index contributed by atoms with van der Waals surface area (Å²) < 4.78 is 29.2. The predicted molar refractivity (Wildman–Crippen MR) is 95.7 cm³/mol. The van der Waals surface area contributed by atoms with Gasteiger partial charge in [-0.3, -0.25) is 9.59 Å². The van der Waals surface area contributed by atoms with Crippen molar-refractivity contribution in [1.82, 2.24) is 0 Å². The molecule has 8 heteroatoms. The van der Waals surface area contributed by atoms with Crippen molar-refractivity contribution in [3.05, 3.63) is 48.0 Å². The fourth-order valence-corrected chi connectivity index (χ4v) is 2.23. The molecule has 2 rings (SSSR count). The quantitative estimate of drug-likeness (QED) is 0.702. The normalized spacial score (nSPS) is 10.3. The lowest BCUT2D eigenvalue weighted by Gasteiger charge is -2.14. The van der Waals surface area contributed by atoms with E-state index in [2.05, 4.69) is 20.7 Å². The number of halogens is 2. The van der Waals surface area contributed by atoms with Crippen molar-refractivity contribution >= 4 is 28.9 Å². The zero-order valence-corrected chi connectivity index (χ0v) is 14.3. The van der Waals surface area contributed by atoms with Crippen LogP contribution in [0.25, 0.3) is 0 Å². The largest absolute Gasteiger partial charge is 0.433 e. The third-order valence-electron chi connectivity index (χ3n) is 3.37. The van der Waals surface area contributed by atoms with E-state index in [1.54, 1.807) is 24.3 Å². The summed E-state index contributed by atoms with van der Waals surface area (Å²) in [6.07, 6.45) is 0. The van der Waals surface area contributed by atoms with Gasteiger partial charge in [0.1, 0.15) is 5.75 Å². The van der Waals surface area contributed by atoms with E-state index in [0.29, 0.717) is 11.4 Å². The molecule has 0 aliphatic rings. The average Bonchev–Trinajstić information content (AvgIpc) is 2.56. The number of amides is 2. The topological polar surface area (TPSA) is 79.5 Å². The number of carbonyl (C=O) groups is 2. The van der Waals surface area contributed by atoms with Crippen LogP contribution in [0.15, 0.2) is 42.5 Å². The van der Waals surface area contributed by atoms with E-state index in [4.69, 9.17) is 0 Å². The van der Waals surface area contributed by atoms with Crippen LogP contribution in [0.5, 0.6) is 5.75 Å². The van der Waals surface area contributed by atoms with E-state index in [0.717, 1.165) is 5.56 Å². The number of hydrogen-bond donors (Lipinski definition) is 3. The van der Waals surface area contributed by atoms with Gasteiger partial charge in [0.2, 0.25) is 11.8 Å². The molecule has 26 heavy (non-hydrogen) atoms. The van der Waals surface area contributed by atoms with E-state index in [1.807, 2.05) is 6.92 Å².